The summed E-state index contributed by atoms with van der Waals surface area (Å²) in [6, 6.07) is 8.24. The van der Waals surface area contributed by atoms with Crippen LogP contribution in [-0.4, -0.2) is 5.78 Å². The Bertz CT molecular complexity index is 462. The largest absolute Gasteiger partial charge is 0.294 e. The minimum Gasteiger partial charge on any atom is -0.294 e. The Morgan fingerprint density at radius 1 is 1.28 bits per heavy atom. The molecule has 1 spiro atoms. The average molecular weight is 242 g/mol. The molecule has 1 fully saturated rings. The average Bonchev–Trinajstić information content (AvgIpc) is 2.79. The first kappa shape index (κ1) is 12.0. The van der Waals surface area contributed by atoms with E-state index in [0.717, 1.165) is 24.8 Å². The second-order valence-corrected chi connectivity index (χ2v) is 6.02. The molecule has 2 aliphatic rings. The van der Waals surface area contributed by atoms with Crippen molar-refractivity contribution in [3.63, 3.8) is 0 Å². The molecule has 1 heteroatoms. The molecule has 0 saturated heterocycles. The number of hydrogen-bond acceptors (Lipinski definition) is 1. The number of Topliss-reactive ketones (excluding diaryl/α,β-unsaturated/α-hetero) is 1. The molecule has 0 radical (unpaired) electrons. The van der Waals surface area contributed by atoms with Crippen molar-refractivity contribution in [3.05, 3.63) is 35.4 Å². The third-order valence-corrected chi connectivity index (χ3v) is 5.15. The highest BCUT2D eigenvalue weighted by atomic mass is 16.1. The van der Waals surface area contributed by atoms with E-state index in [-0.39, 0.29) is 5.41 Å². The smallest absolute Gasteiger partial charge is 0.169 e. The normalized spacial score (nSPS) is 30.7. The summed E-state index contributed by atoms with van der Waals surface area (Å²) >= 11 is 0. The molecule has 0 aliphatic heterocycles. The standard InChI is InChI=1S/C17H22O/c1-2-6-14-8-5-11-17(14)12-10-13-7-3-4-9-15(13)16(17)18/h3-4,7,9,14H,2,5-6,8,10-12H2,1H3/t14-,17+/m0/s1. The number of benzene rings is 1. The molecule has 1 aromatic rings. The topological polar surface area (TPSA) is 17.1 Å². The zero-order valence-electron chi connectivity index (χ0n) is 11.2. The Morgan fingerprint density at radius 2 is 2.11 bits per heavy atom. The molecular formula is C17H22O. The molecule has 0 aromatic heterocycles. The molecule has 1 nitrogen and oxygen atoms in total. The van der Waals surface area contributed by atoms with Crippen molar-refractivity contribution in [1.29, 1.82) is 0 Å². The molecule has 1 saturated carbocycles. The summed E-state index contributed by atoms with van der Waals surface area (Å²) in [6.07, 6.45) is 8.27. The number of rotatable bonds is 2. The SMILES string of the molecule is CCC[C@H]1CCC[C@@]12CCc1ccccc1C2=O. The first-order valence-electron chi connectivity index (χ1n) is 7.40. The Balaban J connectivity index is 1.98. The number of carbonyl (C=O) groups is 1. The predicted molar refractivity (Wildman–Crippen MR) is 73.8 cm³/mol. The summed E-state index contributed by atoms with van der Waals surface area (Å²) in [4.78, 5) is 12.9. The van der Waals surface area contributed by atoms with Gasteiger partial charge >= 0.3 is 0 Å². The molecule has 0 bridgehead atoms. The van der Waals surface area contributed by atoms with Crippen molar-refractivity contribution in [1.82, 2.24) is 0 Å². The Labute approximate surface area is 110 Å². The Morgan fingerprint density at radius 3 is 2.94 bits per heavy atom. The van der Waals surface area contributed by atoms with Crippen molar-refractivity contribution in [2.45, 2.75) is 51.9 Å². The van der Waals surface area contributed by atoms with Crippen molar-refractivity contribution < 1.29 is 4.79 Å². The highest BCUT2D eigenvalue weighted by Crippen LogP contribution is 2.52. The van der Waals surface area contributed by atoms with Crippen molar-refractivity contribution in [2.75, 3.05) is 0 Å². The monoisotopic (exact) mass is 242 g/mol. The van der Waals surface area contributed by atoms with E-state index in [9.17, 15) is 4.79 Å². The molecule has 0 N–H and O–H groups in total. The number of aryl methyl sites for hydroxylation is 1. The van der Waals surface area contributed by atoms with Gasteiger partial charge in [-0.05, 0) is 43.6 Å². The van der Waals surface area contributed by atoms with Gasteiger partial charge in [-0.1, -0.05) is 44.0 Å². The number of carbonyl (C=O) groups excluding carboxylic acids is 1. The van der Waals surface area contributed by atoms with Crippen LogP contribution in [0.4, 0.5) is 0 Å². The van der Waals surface area contributed by atoms with Crippen LogP contribution >= 0.6 is 0 Å². The second-order valence-electron chi connectivity index (χ2n) is 6.02. The summed E-state index contributed by atoms with van der Waals surface area (Å²) in [5.41, 5.74) is 2.30. The van der Waals surface area contributed by atoms with E-state index in [2.05, 4.69) is 19.1 Å². The van der Waals surface area contributed by atoms with E-state index < -0.39 is 0 Å². The fourth-order valence-corrected chi connectivity index (χ4v) is 4.24. The molecule has 2 atom stereocenters. The lowest BCUT2D eigenvalue weighted by Crippen LogP contribution is -2.39. The molecule has 0 heterocycles. The van der Waals surface area contributed by atoms with Crippen LogP contribution in [0, 0.1) is 11.3 Å². The molecule has 3 rings (SSSR count). The predicted octanol–water partition coefficient (Wildman–Crippen LogP) is 4.40. The lowest BCUT2D eigenvalue weighted by Gasteiger charge is -2.38. The third-order valence-electron chi connectivity index (χ3n) is 5.15. The highest BCUT2D eigenvalue weighted by molar-refractivity contribution is 6.03. The van der Waals surface area contributed by atoms with Crippen LogP contribution in [0.1, 0.15) is 61.4 Å². The van der Waals surface area contributed by atoms with Crippen LogP contribution in [0.15, 0.2) is 24.3 Å². The van der Waals surface area contributed by atoms with Crippen LogP contribution in [0.5, 0.6) is 0 Å². The van der Waals surface area contributed by atoms with Crippen molar-refractivity contribution in [2.24, 2.45) is 11.3 Å². The van der Waals surface area contributed by atoms with E-state index in [1.807, 2.05) is 12.1 Å². The molecule has 1 aromatic carbocycles. The number of fused-ring (bicyclic) bond motifs is 1. The summed E-state index contributed by atoms with van der Waals surface area (Å²) in [5, 5.41) is 0. The highest BCUT2D eigenvalue weighted by Gasteiger charge is 2.49. The third kappa shape index (κ3) is 1.64. The van der Waals surface area contributed by atoms with E-state index >= 15 is 0 Å². The first-order valence-corrected chi connectivity index (χ1v) is 7.40. The van der Waals surface area contributed by atoms with E-state index in [4.69, 9.17) is 0 Å². The van der Waals surface area contributed by atoms with Crippen molar-refractivity contribution in [3.8, 4) is 0 Å². The number of hydrogen-bond donors (Lipinski definition) is 0. The van der Waals surface area contributed by atoms with Gasteiger partial charge < -0.3 is 0 Å². The van der Waals surface area contributed by atoms with Gasteiger partial charge in [-0.25, -0.2) is 0 Å². The maximum absolute atomic E-state index is 12.9. The van der Waals surface area contributed by atoms with Gasteiger partial charge in [0.1, 0.15) is 0 Å². The Kier molecular flexibility index (Phi) is 3.01. The quantitative estimate of drug-likeness (QED) is 0.751. The van der Waals surface area contributed by atoms with Gasteiger partial charge in [0, 0.05) is 11.0 Å². The molecule has 0 amide bonds. The van der Waals surface area contributed by atoms with Gasteiger partial charge in [-0.3, -0.25) is 4.79 Å². The maximum Gasteiger partial charge on any atom is 0.169 e. The fraction of sp³-hybridized carbons (Fsp3) is 0.588. The zero-order chi connectivity index (χ0) is 12.6. The van der Waals surface area contributed by atoms with Crippen LogP contribution in [0.3, 0.4) is 0 Å². The summed E-state index contributed by atoms with van der Waals surface area (Å²) < 4.78 is 0. The van der Waals surface area contributed by atoms with Gasteiger partial charge in [0.05, 0.1) is 0 Å². The Hall–Kier alpha value is -1.11. The molecule has 96 valence electrons. The van der Waals surface area contributed by atoms with Crippen LogP contribution in [-0.2, 0) is 6.42 Å². The summed E-state index contributed by atoms with van der Waals surface area (Å²) in [5.74, 6) is 1.10. The molecule has 18 heavy (non-hydrogen) atoms. The number of ketones is 1. The zero-order valence-corrected chi connectivity index (χ0v) is 11.2. The minimum absolute atomic E-state index is 0.00433. The van der Waals surface area contributed by atoms with Crippen LogP contribution < -0.4 is 0 Å². The van der Waals surface area contributed by atoms with Crippen LogP contribution in [0.25, 0.3) is 0 Å². The van der Waals surface area contributed by atoms with E-state index in [1.54, 1.807) is 0 Å². The lowest BCUT2D eigenvalue weighted by molar-refractivity contribution is 0.0659. The maximum atomic E-state index is 12.9. The van der Waals surface area contributed by atoms with Gasteiger partial charge in [0.15, 0.2) is 5.78 Å². The van der Waals surface area contributed by atoms with Crippen molar-refractivity contribution >= 4 is 5.78 Å². The van der Waals surface area contributed by atoms with Gasteiger partial charge in [-0.2, -0.15) is 0 Å². The molecule has 2 aliphatic carbocycles. The molecular weight excluding hydrogens is 220 g/mol. The van der Waals surface area contributed by atoms with Gasteiger partial charge in [0.2, 0.25) is 0 Å². The summed E-state index contributed by atoms with van der Waals surface area (Å²) in [6.45, 7) is 2.24. The lowest BCUT2D eigenvalue weighted by atomic mass is 9.64. The minimum atomic E-state index is 0.00433. The second kappa shape index (κ2) is 4.53. The first-order chi connectivity index (χ1) is 8.78. The van der Waals surface area contributed by atoms with E-state index in [0.29, 0.717) is 11.7 Å². The van der Waals surface area contributed by atoms with Crippen LogP contribution in [0.2, 0.25) is 0 Å². The fourth-order valence-electron chi connectivity index (χ4n) is 4.24. The van der Waals surface area contributed by atoms with Gasteiger partial charge in [0.25, 0.3) is 0 Å². The summed E-state index contributed by atoms with van der Waals surface area (Å²) in [7, 11) is 0. The molecule has 0 unspecified atom stereocenters. The van der Waals surface area contributed by atoms with Gasteiger partial charge in [-0.15, -0.1) is 0 Å². The van der Waals surface area contributed by atoms with E-state index in [1.165, 1.54) is 31.2 Å².